The lowest BCUT2D eigenvalue weighted by Gasteiger charge is -2.24. The minimum absolute atomic E-state index is 0.00602. The maximum absolute atomic E-state index is 6.10. The van der Waals surface area contributed by atoms with Gasteiger partial charge in [0, 0.05) is 24.1 Å². The molecule has 0 aliphatic rings. The average molecular weight is 230 g/mol. The van der Waals surface area contributed by atoms with Crippen molar-refractivity contribution in [1.29, 1.82) is 0 Å². The van der Waals surface area contributed by atoms with Gasteiger partial charge in [0.05, 0.1) is 18.1 Å². The molecule has 2 unspecified atom stereocenters. The molecule has 2 heterocycles. The van der Waals surface area contributed by atoms with Crippen LogP contribution in [0.15, 0.2) is 30.9 Å². The standard InChI is InChI=1S/C13H18N4/c1-9(14)13(12-5-4-6-15-7-12)17-8-16-10(2)11(17)3/h4-9,13H,14H2,1-3H3. The molecule has 4 nitrogen and oxygen atoms in total. The molecular weight excluding hydrogens is 212 g/mol. The second-order valence-corrected chi connectivity index (χ2v) is 4.41. The Hall–Kier alpha value is -1.68. The van der Waals surface area contributed by atoms with Gasteiger partial charge in [-0.15, -0.1) is 0 Å². The molecule has 2 atom stereocenters. The maximum atomic E-state index is 6.10. The number of aromatic nitrogens is 3. The van der Waals surface area contributed by atoms with Crippen molar-refractivity contribution < 1.29 is 0 Å². The van der Waals surface area contributed by atoms with E-state index in [1.54, 1.807) is 6.20 Å². The number of aryl methyl sites for hydroxylation is 1. The van der Waals surface area contributed by atoms with Gasteiger partial charge in [0.2, 0.25) is 0 Å². The lowest BCUT2D eigenvalue weighted by atomic mass is 10.0. The molecule has 0 radical (unpaired) electrons. The largest absolute Gasteiger partial charge is 0.326 e. The number of nitrogens with two attached hydrogens (primary N) is 1. The highest BCUT2D eigenvalue weighted by molar-refractivity contribution is 5.21. The summed E-state index contributed by atoms with van der Waals surface area (Å²) in [6.45, 7) is 6.08. The van der Waals surface area contributed by atoms with E-state index < -0.39 is 0 Å². The summed E-state index contributed by atoms with van der Waals surface area (Å²) >= 11 is 0. The summed E-state index contributed by atoms with van der Waals surface area (Å²) < 4.78 is 2.12. The molecule has 0 saturated carbocycles. The van der Waals surface area contributed by atoms with Gasteiger partial charge in [-0.3, -0.25) is 4.98 Å². The summed E-state index contributed by atoms with van der Waals surface area (Å²) in [7, 11) is 0. The Kier molecular flexibility index (Phi) is 3.24. The topological polar surface area (TPSA) is 56.7 Å². The molecule has 0 spiro atoms. The van der Waals surface area contributed by atoms with E-state index in [1.165, 1.54) is 0 Å². The van der Waals surface area contributed by atoms with Gasteiger partial charge in [0.1, 0.15) is 0 Å². The highest BCUT2D eigenvalue weighted by atomic mass is 15.1. The molecule has 2 N–H and O–H groups in total. The Morgan fingerprint density at radius 1 is 1.35 bits per heavy atom. The van der Waals surface area contributed by atoms with E-state index in [0.29, 0.717) is 0 Å². The fraction of sp³-hybridized carbons (Fsp3) is 0.385. The molecule has 0 fully saturated rings. The van der Waals surface area contributed by atoms with Crippen LogP contribution in [0.25, 0.3) is 0 Å². The third-order valence-electron chi connectivity index (χ3n) is 3.11. The van der Waals surface area contributed by atoms with Gasteiger partial charge in [0.15, 0.2) is 0 Å². The summed E-state index contributed by atoms with van der Waals surface area (Å²) in [5.74, 6) is 0. The molecule has 0 saturated heterocycles. The summed E-state index contributed by atoms with van der Waals surface area (Å²) in [5, 5.41) is 0. The molecule has 2 rings (SSSR count). The van der Waals surface area contributed by atoms with Crippen LogP contribution in [0.4, 0.5) is 0 Å². The molecule has 0 aliphatic heterocycles. The molecule has 2 aromatic rings. The molecule has 0 amide bonds. The van der Waals surface area contributed by atoms with Gasteiger partial charge >= 0.3 is 0 Å². The first-order valence-corrected chi connectivity index (χ1v) is 5.76. The van der Waals surface area contributed by atoms with Gasteiger partial charge in [-0.2, -0.15) is 0 Å². The van der Waals surface area contributed by atoms with E-state index in [0.717, 1.165) is 17.0 Å². The van der Waals surface area contributed by atoms with Crippen molar-refractivity contribution in [3.8, 4) is 0 Å². The van der Waals surface area contributed by atoms with Gasteiger partial charge in [0.25, 0.3) is 0 Å². The van der Waals surface area contributed by atoms with Crippen LogP contribution in [0.1, 0.15) is 29.9 Å². The molecular formula is C13H18N4. The summed E-state index contributed by atoms with van der Waals surface area (Å²) in [4.78, 5) is 8.49. The number of rotatable bonds is 3. The molecule has 17 heavy (non-hydrogen) atoms. The molecule has 0 bridgehead atoms. The quantitative estimate of drug-likeness (QED) is 0.875. The first-order valence-electron chi connectivity index (χ1n) is 5.76. The van der Waals surface area contributed by atoms with E-state index in [4.69, 9.17) is 5.73 Å². The van der Waals surface area contributed by atoms with Crippen LogP contribution >= 0.6 is 0 Å². The Balaban J connectivity index is 2.47. The van der Waals surface area contributed by atoms with Gasteiger partial charge in [-0.25, -0.2) is 4.98 Å². The zero-order valence-corrected chi connectivity index (χ0v) is 10.5. The van der Waals surface area contributed by atoms with Crippen LogP contribution in [0, 0.1) is 13.8 Å². The van der Waals surface area contributed by atoms with Gasteiger partial charge in [-0.1, -0.05) is 6.07 Å². The highest BCUT2D eigenvalue weighted by Crippen LogP contribution is 2.23. The second-order valence-electron chi connectivity index (χ2n) is 4.41. The van der Waals surface area contributed by atoms with Crippen LogP contribution in [-0.2, 0) is 0 Å². The third kappa shape index (κ3) is 2.22. The van der Waals surface area contributed by atoms with Crippen LogP contribution in [0.5, 0.6) is 0 Å². The van der Waals surface area contributed by atoms with E-state index in [-0.39, 0.29) is 12.1 Å². The maximum Gasteiger partial charge on any atom is 0.0957 e. The fourth-order valence-corrected chi connectivity index (χ4v) is 2.06. The zero-order valence-electron chi connectivity index (χ0n) is 10.5. The monoisotopic (exact) mass is 230 g/mol. The summed E-state index contributed by atoms with van der Waals surface area (Å²) in [6.07, 6.45) is 5.49. The van der Waals surface area contributed by atoms with Crippen molar-refractivity contribution in [2.24, 2.45) is 5.73 Å². The second kappa shape index (κ2) is 4.67. The van der Waals surface area contributed by atoms with Crippen LogP contribution in [0.3, 0.4) is 0 Å². The lowest BCUT2D eigenvalue weighted by Crippen LogP contribution is -2.30. The third-order valence-corrected chi connectivity index (χ3v) is 3.11. The van der Waals surface area contributed by atoms with Gasteiger partial charge < -0.3 is 10.3 Å². The van der Waals surface area contributed by atoms with Crippen molar-refractivity contribution in [2.45, 2.75) is 32.9 Å². The zero-order chi connectivity index (χ0) is 12.4. The molecule has 0 aromatic carbocycles. The smallest absolute Gasteiger partial charge is 0.0957 e. The number of pyridine rings is 1. The summed E-state index contributed by atoms with van der Waals surface area (Å²) in [6, 6.07) is 4.08. The number of hydrogen-bond acceptors (Lipinski definition) is 3. The molecule has 2 aromatic heterocycles. The predicted molar refractivity (Wildman–Crippen MR) is 67.7 cm³/mol. The Morgan fingerprint density at radius 3 is 2.59 bits per heavy atom. The minimum Gasteiger partial charge on any atom is -0.326 e. The van der Waals surface area contributed by atoms with E-state index in [2.05, 4.69) is 27.5 Å². The average Bonchev–Trinajstić information content (AvgIpc) is 2.63. The Bertz CT molecular complexity index is 487. The fourth-order valence-electron chi connectivity index (χ4n) is 2.06. The first kappa shape index (κ1) is 11.8. The predicted octanol–water partition coefficient (Wildman–Crippen LogP) is 1.83. The normalized spacial score (nSPS) is 14.6. The highest BCUT2D eigenvalue weighted by Gasteiger charge is 2.20. The van der Waals surface area contributed by atoms with E-state index in [1.807, 2.05) is 32.4 Å². The SMILES string of the molecule is Cc1ncn(C(c2cccnc2)C(C)N)c1C. The number of imidazole rings is 1. The number of hydrogen-bond donors (Lipinski definition) is 1. The molecule has 90 valence electrons. The molecule has 0 aliphatic carbocycles. The van der Waals surface area contributed by atoms with Crippen molar-refractivity contribution in [3.63, 3.8) is 0 Å². The summed E-state index contributed by atoms with van der Waals surface area (Å²) in [5.41, 5.74) is 9.41. The van der Waals surface area contributed by atoms with E-state index in [9.17, 15) is 0 Å². The van der Waals surface area contributed by atoms with Crippen molar-refractivity contribution >= 4 is 0 Å². The number of nitrogens with zero attached hydrogens (tertiary/aromatic N) is 3. The van der Waals surface area contributed by atoms with Crippen LogP contribution in [-0.4, -0.2) is 20.6 Å². The van der Waals surface area contributed by atoms with Crippen molar-refractivity contribution in [3.05, 3.63) is 47.8 Å². The lowest BCUT2D eigenvalue weighted by molar-refractivity contribution is 0.486. The van der Waals surface area contributed by atoms with Crippen molar-refractivity contribution in [1.82, 2.24) is 14.5 Å². The van der Waals surface area contributed by atoms with Crippen LogP contribution in [0.2, 0.25) is 0 Å². The van der Waals surface area contributed by atoms with Crippen molar-refractivity contribution in [2.75, 3.05) is 0 Å². The van der Waals surface area contributed by atoms with E-state index >= 15 is 0 Å². The van der Waals surface area contributed by atoms with Crippen LogP contribution < -0.4 is 5.73 Å². The molecule has 4 heteroatoms. The first-order chi connectivity index (χ1) is 8.11. The Morgan fingerprint density at radius 2 is 2.12 bits per heavy atom. The minimum atomic E-state index is 0.00602. The van der Waals surface area contributed by atoms with Gasteiger partial charge in [-0.05, 0) is 32.4 Å². The Labute approximate surface area is 102 Å².